The van der Waals surface area contributed by atoms with Crippen molar-refractivity contribution in [1.29, 1.82) is 0 Å². The Kier molecular flexibility index (Phi) is 8.10. The molecular formula is C25H30Cl2N4O5. The Labute approximate surface area is 220 Å². The fourth-order valence-corrected chi connectivity index (χ4v) is 5.59. The summed E-state index contributed by atoms with van der Waals surface area (Å²) < 4.78 is 5.12. The van der Waals surface area contributed by atoms with E-state index in [-0.39, 0.29) is 49.2 Å². The molecule has 3 aliphatic rings. The minimum Gasteiger partial charge on any atom is -0.466 e. The van der Waals surface area contributed by atoms with E-state index in [0.29, 0.717) is 59.5 Å². The van der Waals surface area contributed by atoms with Gasteiger partial charge in [-0.2, -0.15) is 0 Å². The summed E-state index contributed by atoms with van der Waals surface area (Å²) in [5, 5.41) is 3.70. The van der Waals surface area contributed by atoms with Crippen LogP contribution < -0.4 is 5.32 Å². The number of nitrogens with zero attached hydrogens (tertiary/aromatic N) is 3. The molecule has 0 spiro atoms. The Morgan fingerprint density at radius 1 is 1.19 bits per heavy atom. The fraction of sp³-hybridized carbons (Fsp3) is 0.520. The molecule has 0 radical (unpaired) electrons. The number of nitrogens with one attached hydrogen (secondary N) is 1. The minimum absolute atomic E-state index is 0.111. The van der Waals surface area contributed by atoms with Gasteiger partial charge in [0.1, 0.15) is 0 Å². The van der Waals surface area contributed by atoms with Crippen molar-refractivity contribution >= 4 is 47.0 Å². The van der Waals surface area contributed by atoms with Gasteiger partial charge in [0.2, 0.25) is 5.91 Å². The molecule has 0 bridgehead atoms. The third kappa shape index (κ3) is 5.18. The molecule has 1 aromatic carbocycles. The summed E-state index contributed by atoms with van der Waals surface area (Å²) in [6.45, 7) is 5.66. The molecule has 0 aliphatic carbocycles. The normalized spacial score (nSPS) is 22.1. The Morgan fingerprint density at radius 2 is 1.97 bits per heavy atom. The Bertz CT molecular complexity index is 1110. The van der Waals surface area contributed by atoms with E-state index in [1.807, 2.05) is 6.92 Å². The van der Waals surface area contributed by atoms with Crippen molar-refractivity contribution in [2.45, 2.75) is 39.2 Å². The number of hydrogen-bond acceptors (Lipinski definition) is 5. The van der Waals surface area contributed by atoms with E-state index in [0.717, 1.165) is 6.42 Å². The van der Waals surface area contributed by atoms with Gasteiger partial charge in [-0.3, -0.25) is 19.3 Å². The second-order valence-corrected chi connectivity index (χ2v) is 9.90. The highest BCUT2D eigenvalue weighted by molar-refractivity contribution is 6.35. The topological polar surface area (TPSA) is 99.3 Å². The number of carbonyl (C=O) groups is 4. The lowest BCUT2D eigenvalue weighted by Gasteiger charge is -2.33. The molecule has 1 fully saturated rings. The molecule has 1 N–H and O–H groups in total. The molecule has 11 heteroatoms. The molecule has 9 nitrogen and oxygen atoms in total. The Balaban J connectivity index is 1.47. The summed E-state index contributed by atoms with van der Waals surface area (Å²) in [6.07, 6.45) is 1.56. The van der Waals surface area contributed by atoms with E-state index < -0.39 is 6.04 Å². The van der Waals surface area contributed by atoms with Crippen LogP contribution in [-0.2, 0) is 19.1 Å². The van der Waals surface area contributed by atoms with Crippen LogP contribution in [0.2, 0.25) is 10.0 Å². The van der Waals surface area contributed by atoms with Gasteiger partial charge in [0, 0.05) is 42.6 Å². The van der Waals surface area contributed by atoms with Crippen LogP contribution in [0.25, 0.3) is 0 Å². The third-order valence-corrected chi connectivity index (χ3v) is 7.44. The van der Waals surface area contributed by atoms with Gasteiger partial charge in [-0.15, -0.1) is 0 Å². The molecule has 2 atom stereocenters. The lowest BCUT2D eigenvalue weighted by molar-refractivity contribution is -0.151. The van der Waals surface area contributed by atoms with E-state index in [4.69, 9.17) is 27.9 Å². The van der Waals surface area contributed by atoms with Crippen LogP contribution in [0, 0.1) is 5.92 Å². The van der Waals surface area contributed by atoms with Crippen molar-refractivity contribution < 1.29 is 23.9 Å². The molecule has 0 unspecified atom stereocenters. The highest BCUT2D eigenvalue weighted by Gasteiger charge is 2.44. The Hall–Kier alpha value is -2.78. The van der Waals surface area contributed by atoms with Crippen LogP contribution in [0.3, 0.4) is 0 Å². The number of likely N-dealkylation sites (N-methyl/N-ethyl adjacent to an activating group) is 1. The van der Waals surface area contributed by atoms with E-state index >= 15 is 0 Å². The van der Waals surface area contributed by atoms with Crippen molar-refractivity contribution in [1.82, 2.24) is 20.0 Å². The Morgan fingerprint density at radius 3 is 2.67 bits per heavy atom. The molecular weight excluding hydrogens is 507 g/mol. The highest BCUT2D eigenvalue weighted by atomic mass is 35.5. The van der Waals surface area contributed by atoms with E-state index in [9.17, 15) is 19.2 Å². The first-order valence-corrected chi connectivity index (χ1v) is 13.0. The molecule has 3 heterocycles. The summed E-state index contributed by atoms with van der Waals surface area (Å²) >= 11 is 12.5. The van der Waals surface area contributed by atoms with E-state index in [1.54, 1.807) is 39.8 Å². The zero-order valence-electron chi connectivity index (χ0n) is 20.4. The van der Waals surface area contributed by atoms with Gasteiger partial charge < -0.3 is 19.9 Å². The van der Waals surface area contributed by atoms with Crippen LogP contribution >= 0.6 is 23.2 Å². The van der Waals surface area contributed by atoms with Gasteiger partial charge in [0.05, 0.1) is 36.4 Å². The summed E-state index contributed by atoms with van der Waals surface area (Å²) in [4.78, 5) is 56.2. The highest BCUT2D eigenvalue weighted by Crippen LogP contribution is 2.39. The average molecular weight is 537 g/mol. The lowest BCUT2D eigenvalue weighted by atomic mass is 9.95. The number of benzene rings is 1. The molecule has 3 aliphatic heterocycles. The number of rotatable bonds is 7. The van der Waals surface area contributed by atoms with Gasteiger partial charge in [-0.25, -0.2) is 4.79 Å². The summed E-state index contributed by atoms with van der Waals surface area (Å²) in [7, 11) is 0. The molecule has 36 heavy (non-hydrogen) atoms. The summed E-state index contributed by atoms with van der Waals surface area (Å²) in [5.74, 6) is -0.939. The lowest BCUT2D eigenvalue weighted by Crippen LogP contribution is -2.47. The summed E-state index contributed by atoms with van der Waals surface area (Å²) in [6, 6.07) is 3.93. The average Bonchev–Trinajstić information content (AvgIpc) is 3.18. The van der Waals surface area contributed by atoms with Crippen molar-refractivity contribution in [2.75, 3.05) is 39.3 Å². The molecule has 1 aromatic rings. The fourth-order valence-electron chi connectivity index (χ4n) is 5.08. The number of carbonyl (C=O) groups excluding carboxylic acids is 4. The number of likely N-dealkylation sites (tertiary alicyclic amines) is 1. The molecule has 0 aromatic heterocycles. The smallest absolute Gasteiger partial charge is 0.322 e. The molecule has 194 valence electrons. The SMILES string of the molecule is CCOC(=O)[C@H]1CCCN(C(=O)CCN2CC3=C(C2=O)[C@H](c2ccc(Cl)cc2Cl)NC(=O)N3CC)C1. The maximum Gasteiger partial charge on any atom is 0.322 e. The zero-order chi connectivity index (χ0) is 26.0. The number of piperidine rings is 1. The predicted octanol–water partition coefficient (Wildman–Crippen LogP) is 3.37. The maximum atomic E-state index is 13.5. The first kappa shape index (κ1) is 26.3. The second kappa shape index (κ2) is 11.1. The predicted molar refractivity (Wildman–Crippen MR) is 134 cm³/mol. The van der Waals surface area contributed by atoms with E-state index in [2.05, 4.69) is 5.32 Å². The van der Waals surface area contributed by atoms with Crippen LogP contribution in [0.4, 0.5) is 4.79 Å². The van der Waals surface area contributed by atoms with Crippen LogP contribution in [0.1, 0.15) is 44.7 Å². The van der Waals surface area contributed by atoms with Crippen LogP contribution in [0.15, 0.2) is 29.5 Å². The zero-order valence-corrected chi connectivity index (χ0v) is 21.9. The van der Waals surface area contributed by atoms with Gasteiger partial charge >= 0.3 is 12.0 Å². The van der Waals surface area contributed by atoms with Crippen molar-refractivity contribution in [3.8, 4) is 0 Å². The first-order chi connectivity index (χ1) is 17.2. The first-order valence-electron chi connectivity index (χ1n) is 12.2. The minimum atomic E-state index is -0.708. The van der Waals surface area contributed by atoms with Crippen LogP contribution in [0.5, 0.6) is 0 Å². The standard InChI is InChI=1S/C25H30Cl2N4O5/c1-3-31-19-14-30(11-9-20(32)29-10-5-6-15(13-29)24(34)36-4-2)23(33)21(19)22(28-25(31)35)17-8-7-16(26)12-18(17)27/h7-8,12,15,22H,3-6,9-11,13-14H2,1-2H3,(H,28,35)/t15-,22-/m0/s1. The van der Waals surface area contributed by atoms with Gasteiger partial charge in [0.15, 0.2) is 0 Å². The summed E-state index contributed by atoms with van der Waals surface area (Å²) in [5.41, 5.74) is 1.66. The van der Waals surface area contributed by atoms with Gasteiger partial charge in [-0.1, -0.05) is 29.3 Å². The van der Waals surface area contributed by atoms with Crippen LogP contribution in [-0.4, -0.2) is 77.8 Å². The van der Waals surface area contributed by atoms with Gasteiger partial charge in [0.25, 0.3) is 5.91 Å². The van der Waals surface area contributed by atoms with Crippen molar-refractivity contribution in [2.24, 2.45) is 5.92 Å². The van der Waals surface area contributed by atoms with Crippen molar-refractivity contribution in [3.05, 3.63) is 45.1 Å². The van der Waals surface area contributed by atoms with E-state index in [1.165, 1.54) is 0 Å². The number of urea groups is 1. The monoisotopic (exact) mass is 536 g/mol. The molecule has 1 saturated heterocycles. The largest absolute Gasteiger partial charge is 0.466 e. The maximum absolute atomic E-state index is 13.5. The molecule has 4 rings (SSSR count). The number of esters is 1. The second-order valence-electron chi connectivity index (χ2n) is 9.06. The third-order valence-electron chi connectivity index (χ3n) is 6.88. The quantitative estimate of drug-likeness (QED) is 0.538. The molecule has 4 amide bonds. The number of ether oxygens (including phenoxy) is 1. The number of hydrogen-bond donors (Lipinski definition) is 1. The van der Waals surface area contributed by atoms with Crippen molar-refractivity contribution in [3.63, 3.8) is 0 Å². The van der Waals surface area contributed by atoms with Gasteiger partial charge in [-0.05, 0) is 44.4 Å². The molecule has 0 saturated carbocycles. The number of halogens is 2. The number of amides is 4.